The molecule has 0 aromatic heterocycles. The van der Waals surface area contributed by atoms with E-state index in [1.807, 2.05) is 0 Å². The van der Waals surface area contributed by atoms with E-state index < -0.39 is 23.8 Å². The number of carboxylic acids is 1. The highest BCUT2D eigenvalue weighted by Gasteiger charge is 2.30. The Hall–Kier alpha value is -2.08. The maximum atomic E-state index is 12.6. The van der Waals surface area contributed by atoms with Gasteiger partial charge in [0.1, 0.15) is 0 Å². The molecule has 136 valence electrons. The van der Waals surface area contributed by atoms with Crippen LogP contribution in [0.2, 0.25) is 5.02 Å². The third kappa shape index (κ3) is 5.46. The van der Waals surface area contributed by atoms with Gasteiger partial charge in [0.2, 0.25) is 5.91 Å². The van der Waals surface area contributed by atoms with Crippen molar-refractivity contribution < 1.29 is 19.5 Å². The quantitative estimate of drug-likeness (QED) is 0.760. The summed E-state index contributed by atoms with van der Waals surface area (Å²) in [5.74, 6) is -2.15. The number of nitrogens with one attached hydrogen (secondary N) is 2. The molecule has 1 aliphatic rings. The fraction of sp³-hybridized carbons (Fsp3) is 0.500. The molecule has 25 heavy (non-hydrogen) atoms. The lowest BCUT2D eigenvalue weighted by atomic mass is 9.86. The first-order valence-corrected chi connectivity index (χ1v) is 8.87. The second kappa shape index (κ2) is 8.85. The molecule has 1 saturated carbocycles. The lowest BCUT2D eigenvalue weighted by Gasteiger charge is -2.27. The SMILES string of the molecule is CC(=O)Nc1ccc(Cl)c(C(=O)NC2CCCCCCC2C(=O)O)c1. The van der Waals surface area contributed by atoms with Gasteiger partial charge in [0.15, 0.2) is 0 Å². The van der Waals surface area contributed by atoms with E-state index in [4.69, 9.17) is 11.6 Å². The number of halogens is 1. The Bertz CT molecular complexity index is 662. The molecule has 6 nitrogen and oxygen atoms in total. The predicted molar refractivity (Wildman–Crippen MR) is 95.8 cm³/mol. The molecule has 1 aromatic rings. The van der Waals surface area contributed by atoms with E-state index >= 15 is 0 Å². The summed E-state index contributed by atoms with van der Waals surface area (Å²) in [7, 11) is 0. The van der Waals surface area contributed by atoms with Crippen LogP contribution in [-0.4, -0.2) is 28.9 Å². The van der Waals surface area contributed by atoms with Crippen LogP contribution in [0.15, 0.2) is 18.2 Å². The molecule has 2 amide bonds. The summed E-state index contributed by atoms with van der Waals surface area (Å²) in [5, 5.41) is 15.2. The summed E-state index contributed by atoms with van der Waals surface area (Å²) < 4.78 is 0. The summed E-state index contributed by atoms with van der Waals surface area (Å²) in [6, 6.07) is 4.22. The molecule has 0 heterocycles. The maximum absolute atomic E-state index is 12.6. The van der Waals surface area contributed by atoms with E-state index in [0.717, 1.165) is 25.7 Å². The molecule has 1 aliphatic carbocycles. The molecule has 0 radical (unpaired) electrons. The third-order valence-electron chi connectivity index (χ3n) is 4.43. The Morgan fingerprint density at radius 2 is 1.80 bits per heavy atom. The number of benzene rings is 1. The maximum Gasteiger partial charge on any atom is 0.308 e. The molecular formula is C18H23ClN2O4. The van der Waals surface area contributed by atoms with Gasteiger partial charge in [-0.05, 0) is 31.0 Å². The van der Waals surface area contributed by atoms with Crippen LogP contribution in [0, 0.1) is 5.92 Å². The normalized spacial score (nSPS) is 20.9. The molecule has 0 spiro atoms. The van der Waals surface area contributed by atoms with Crippen LogP contribution in [0.5, 0.6) is 0 Å². The van der Waals surface area contributed by atoms with E-state index in [2.05, 4.69) is 10.6 Å². The summed E-state index contributed by atoms with van der Waals surface area (Å²) in [4.78, 5) is 35.4. The number of carbonyl (C=O) groups is 3. The van der Waals surface area contributed by atoms with E-state index in [0.29, 0.717) is 18.5 Å². The molecule has 7 heteroatoms. The first kappa shape index (κ1) is 19.2. The Morgan fingerprint density at radius 1 is 1.12 bits per heavy atom. The van der Waals surface area contributed by atoms with Crippen molar-refractivity contribution in [3.05, 3.63) is 28.8 Å². The zero-order valence-electron chi connectivity index (χ0n) is 14.2. The monoisotopic (exact) mass is 366 g/mol. The Balaban J connectivity index is 2.18. The highest BCUT2D eigenvalue weighted by atomic mass is 35.5. The second-order valence-electron chi connectivity index (χ2n) is 6.39. The fourth-order valence-electron chi connectivity index (χ4n) is 3.18. The minimum absolute atomic E-state index is 0.221. The van der Waals surface area contributed by atoms with E-state index in [1.54, 1.807) is 6.07 Å². The molecule has 1 aromatic carbocycles. The highest BCUT2D eigenvalue weighted by molar-refractivity contribution is 6.34. The van der Waals surface area contributed by atoms with Crippen LogP contribution in [-0.2, 0) is 9.59 Å². The summed E-state index contributed by atoms with van der Waals surface area (Å²) in [6.45, 7) is 1.38. The molecule has 0 bridgehead atoms. The Labute approximate surface area is 151 Å². The zero-order valence-corrected chi connectivity index (χ0v) is 14.9. The van der Waals surface area contributed by atoms with Gasteiger partial charge in [0.05, 0.1) is 16.5 Å². The number of hydrogen-bond acceptors (Lipinski definition) is 3. The van der Waals surface area contributed by atoms with Crippen LogP contribution in [0.4, 0.5) is 5.69 Å². The van der Waals surface area contributed by atoms with E-state index in [9.17, 15) is 19.5 Å². The van der Waals surface area contributed by atoms with Crippen LogP contribution >= 0.6 is 11.6 Å². The number of hydrogen-bond donors (Lipinski definition) is 3. The predicted octanol–water partition coefficient (Wildman–Crippen LogP) is 3.45. The molecule has 0 aliphatic heterocycles. The largest absolute Gasteiger partial charge is 0.481 e. The summed E-state index contributed by atoms with van der Waals surface area (Å²) >= 11 is 6.11. The van der Waals surface area contributed by atoms with Crippen molar-refractivity contribution in [2.45, 2.75) is 51.5 Å². The van der Waals surface area contributed by atoms with Crippen molar-refractivity contribution in [3.8, 4) is 0 Å². The lowest BCUT2D eigenvalue weighted by Crippen LogP contribution is -2.44. The van der Waals surface area contributed by atoms with Crippen molar-refractivity contribution >= 4 is 35.1 Å². The van der Waals surface area contributed by atoms with Crippen molar-refractivity contribution in [1.29, 1.82) is 0 Å². The Kier molecular flexibility index (Phi) is 6.82. The second-order valence-corrected chi connectivity index (χ2v) is 6.80. The number of amides is 2. The standard InChI is InChI=1S/C18H23ClN2O4/c1-11(22)20-12-8-9-15(19)14(10-12)17(23)21-16-7-5-3-2-4-6-13(16)18(24)25/h8-10,13,16H,2-7H2,1H3,(H,20,22)(H,21,23)(H,24,25). The summed E-state index contributed by atoms with van der Waals surface area (Å²) in [5.41, 5.74) is 0.689. The fourth-order valence-corrected chi connectivity index (χ4v) is 3.38. The molecule has 2 atom stereocenters. The molecule has 0 saturated heterocycles. The van der Waals surface area contributed by atoms with Gasteiger partial charge < -0.3 is 15.7 Å². The van der Waals surface area contributed by atoms with Gasteiger partial charge in [-0.2, -0.15) is 0 Å². The lowest BCUT2D eigenvalue weighted by molar-refractivity contribution is -0.143. The molecular weight excluding hydrogens is 344 g/mol. The minimum atomic E-state index is -0.884. The third-order valence-corrected chi connectivity index (χ3v) is 4.76. The van der Waals surface area contributed by atoms with Crippen LogP contribution in [0.3, 0.4) is 0 Å². The van der Waals surface area contributed by atoms with Gasteiger partial charge in [-0.25, -0.2) is 0 Å². The smallest absolute Gasteiger partial charge is 0.308 e. The van der Waals surface area contributed by atoms with Gasteiger partial charge in [-0.3, -0.25) is 14.4 Å². The highest BCUT2D eigenvalue weighted by Crippen LogP contribution is 2.25. The average molecular weight is 367 g/mol. The first-order valence-electron chi connectivity index (χ1n) is 8.49. The topological polar surface area (TPSA) is 95.5 Å². The van der Waals surface area contributed by atoms with Crippen molar-refractivity contribution in [1.82, 2.24) is 5.32 Å². The van der Waals surface area contributed by atoms with Gasteiger partial charge in [-0.1, -0.05) is 37.3 Å². The van der Waals surface area contributed by atoms with E-state index in [-0.39, 0.29) is 16.5 Å². The molecule has 2 rings (SSSR count). The van der Waals surface area contributed by atoms with Crippen molar-refractivity contribution in [2.24, 2.45) is 5.92 Å². The van der Waals surface area contributed by atoms with Crippen LogP contribution < -0.4 is 10.6 Å². The van der Waals surface area contributed by atoms with Gasteiger partial charge in [-0.15, -0.1) is 0 Å². The van der Waals surface area contributed by atoms with Crippen LogP contribution in [0.25, 0.3) is 0 Å². The van der Waals surface area contributed by atoms with Crippen LogP contribution in [0.1, 0.15) is 55.8 Å². The number of rotatable bonds is 4. The molecule has 2 unspecified atom stereocenters. The molecule has 3 N–H and O–H groups in total. The number of carbonyl (C=O) groups excluding carboxylic acids is 2. The number of aliphatic carboxylic acids is 1. The Morgan fingerprint density at radius 3 is 2.44 bits per heavy atom. The minimum Gasteiger partial charge on any atom is -0.481 e. The molecule has 1 fully saturated rings. The average Bonchev–Trinajstić information content (AvgIpc) is 2.51. The van der Waals surface area contributed by atoms with Gasteiger partial charge in [0.25, 0.3) is 5.91 Å². The number of anilines is 1. The van der Waals surface area contributed by atoms with Gasteiger partial charge in [0, 0.05) is 18.7 Å². The zero-order chi connectivity index (χ0) is 18.4. The van der Waals surface area contributed by atoms with Crippen molar-refractivity contribution in [2.75, 3.05) is 5.32 Å². The van der Waals surface area contributed by atoms with Gasteiger partial charge >= 0.3 is 5.97 Å². The first-order chi connectivity index (χ1) is 11.9. The summed E-state index contributed by atoms with van der Waals surface area (Å²) in [6.07, 6.45) is 4.98. The van der Waals surface area contributed by atoms with Crippen molar-refractivity contribution in [3.63, 3.8) is 0 Å². The van der Waals surface area contributed by atoms with E-state index in [1.165, 1.54) is 19.1 Å². The number of carboxylic acid groups (broad SMARTS) is 1.